The average Bonchev–Trinajstić information content (AvgIpc) is 2.98. The molecule has 130 valence electrons. The molecule has 24 heavy (non-hydrogen) atoms. The summed E-state index contributed by atoms with van der Waals surface area (Å²) in [6.07, 6.45) is 7.91. The first-order valence-electron chi connectivity index (χ1n) is 9.56. The fourth-order valence-electron chi connectivity index (χ4n) is 5.51. The molecule has 0 radical (unpaired) electrons. The summed E-state index contributed by atoms with van der Waals surface area (Å²) in [6, 6.07) is 8.96. The maximum Gasteiger partial charge on any atom is 0.129 e. The van der Waals surface area contributed by atoms with Gasteiger partial charge < -0.3 is 0 Å². The molecule has 0 bridgehead atoms. The van der Waals surface area contributed by atoms with Gasteiger partial charge in [0.05, 0.1) is 0 Å². The van der Waals surface area contributed by atoms with Gasteiger partial charge in [-0.25, -0.2) is 0 Å². The average molecular weight is 342 g/mol. The summed E-state index contributed by atoms with van der Waals surface area (Å²) in [5, 5.41) is 9.95. The van der Waals surface area contributed by atoms with Gasteiger partial charge in [0.25, 0.3) is 0 Å². The van der Waals surface area contributed by atoms with Gasteiger partial charge in [-0.15, -0.1) is 0 Å². The second kappa shape index (κ2) is 6.41. The van der Waals surface area contributed by atoms with Crippen LogP contribution in [0.2, 0.25) is 18.6 Å². The van der Waals surface area contributed by atoms with E-state index in [1.807, 2.05) is 0 Å². The molecule has 4 heteroatoms. The van der Waals surface area contributed by atoms with Crippen LogP contribution in [0.3, 0.4) is 0 Å². The van der Waals surface area contributed by atoms with Crippen molar-refractivity contribution in [3.63, 3.8) is 0 Å². The zero-order valence-corrected chi connectivity index (χ0v) is 16.3. The van der Waals surface area contributed by atoms with E-state index in [1.54, 1.807) is 0 Å². The summed E-state index contributed by atoms with van der Waals surface area (Å²) in [4.78, 5) is 0. The highest BCUT2D eigenvalue weighted by Crippen LogP contribution is 2.54. The number of nitrogens with zero attached hydrogens (tertiary/aromatic N) is 1. The lowest BCUT2D eigenvalue weighted by Gasteiger charge is -2.47. The van der Waals surface area contributed by atoms with Crippen molar-refractivity contribution in [3.8, 4) is 0 Å². The predicted octanol–water partition coefficient (Wildman–Crippen LogP) is 1.87. The van der Waals surface area contributed by atoms with Crippen molar-refractivity contribution in [2.24, 2.45) is 17.8 Å². The van der Waals surface area contributed by atoms with Crippen molar-refractivity contribution in [3.05, 3.63) is 34.7 Å². The van der Waals surface area contributed by atoms with Gasteiger partial charge in [0.2, 0.25) is 0 Å². The highest BCUT2D eigenvalue weighted by atomic mass is 28.3. The number of hydrogen-bond donors (Lipinski definition) is 2. The number of fused-ring (bicyclic) bond motifs is 2. The maximum atomic E-state index is 3.52. The van der Waals surface area contributed by atoms with E-state index in [4.69, 9.17) is 0 Å². The first-order valence-corrected chi connectivity index (χ1v) is 12.6. The monoisotopic (exact) mass is 341 g/mol. The molecule has 2 aliphatic carbocycles. The summed E-state index contributed by atoms with van der Waals surface area (Å²) < 4.78 is 2.74. The number of hydrogen-bond acceptors (Lipinski definition) is 3. The van der Waals surface area contributed by atoms with Gasteiger partial charge in [0.1, 0.15) is 8.24 Å². The molecule has 1 aliphatic heterocycles. The van der Waals surface area contributed by atoms with Gasteiger partial charge in [0.15, 0.2) is 0 Å². The second-order valence-corrected chi connectivity index (χ2v) is 12.9. The zero-order chi connectivity index (χ0) is 16.7. The van der Waals surface area contributed by atoms with E-state index in [0.29, 0.717) is 0 Å². The van der Waals surface area contributed by atoms with E-state index in [9.17, 15) is 0 Å². The molecule has 1 saturated heterocycles. The van der Waals surface area contributed by atoms with Crippen molar-refractivity contribution >= 4 is 20.4 Å². The van der Waals surface area contributed by atoms with Crippen LogP contribution in [0.5, 0.6) is 0 Å². The van der Waals surface area contributed by atoms with Crippen molar-refractivity contribution < 1.29 is 0 Å². The molecule has 1 heterocycles. The van der Waals surface area contributed by atoms with Crippen molar-refractivity contribution in [1.82, 2.24) is 15.2 Å². The Balaban J connectivity index is 1.72. The number of nitrogens with one attached hydrogen (secondary N) is 2. The normalized spacial score (nSPS) is 33.3. The number of rotatable bonds is 3. The van der Waals surface area contributed by atoms with Crippen LogP contribution < -0.4 is 21.1 Å². The van der Waals surface area contributed by atoms with Crippen LogP contribution in [0.1, 0.15) is 19.8 Å². The molecule has 4 rings (SSSR count). The molecule has 4 unspecified atom stereocenters. The van der Waals surface area contributed by atoms with Crippen molar-refractivity contribution in [1.29, 1.82) is 0 Å². The van der Waals surface area contributed by atoms with E-state index >= 15 is 0 Å². The van der Waals surface area contributed by atoms with E-state index in [1.165, 1.54) is 23.3 Å². The van der Waals surface area contributed by atoms with Crippen LogP contribution in [-0.2, 0) is 0 Å². The van der Waals surface area contributed by atoms with Crippen molar-refractivity contribution in [2.75, 3.05) is 20.0 Å². The Morgan fingerprint density at radius 2 is 1.75 bits per heavy atom. The zero-order valence-electron chi connectivity index (χ0n) is 15.3. The molecule has 1 aromatic carbocycles. The highest BCUT2D eigenvalue weighted by Gasteiger charge is 2.51. The summed E-state index contributed by atoms with van der Waals surface area (Å²) >= 11 is 0. The quantitative estimate of drug-likeness (QED) is 0.822. The lowest BCUT2D eigenvalue weighted by atomic mass is 9.89. The Bertz CT molecular complexity index is 708. The molecule has 0 spiro atoms. The molecule has 4 atom stereocenters. The fourth-order valence-corrected chi connectivity index (χ4v) is 9.78. The van der Waals surface area contributed by atoms with Gasteiger partial charge in [-0.1, -0.05) is 62.9 Å². The topological polar surface area (TPSA) is 27.3 Å². The van der Waals surface area contributed by atoms with E-state index in [2.05, 4.69) is 71.6 Å². The molecule has 1 saturated carbocycles. The van der Waals surface area contributed by atoms with E-state index in [-0.39, 0.29) is 0 Å². The molecule has 2 N–H and O–H groups in total. The summed E-state index contributed by atoms with van der Waals surface area (Å²) in [6.45, 7) is 10.7. The third kappa shape index (κ3) is 2.70. The molecule has 2 fully saturated rings. The largest absolute Gasteiger partial charge is 0.299 e. The molecule has 3 aliphatic rings. The van der Waals surface area contributed by atoms with Crippen LogP contribution in [0, 0.1) is 17.8 Å². The predicted molar refractivity (Wildman–Crippen MR) is 104 cm³/mol. The fraction of sp³-hybridized carbons (Fsp3) is 0.600. The number of benzene rings is 1. The third-order valence-electron chi connectivity index (χ3n) is 6.76. The SMILES string of the molecule is CCC1CC2C=c3ccccc3=CC2C1[Si](C)(C)N1CNCNC1. The van der Waals surface area contributed by atoms with E-state index < -0.39 is 8.24 Å². The molecule has 0 aromatic heterocycles. The van der Waals surface area contributed by atoms with Gasteiger partial charge in [0, 0.05) is 20.0 Å². The van der Waals surface area contributed by atoms with Crippen molar-refractivity contribution in [2.45, 2.75) is 38.4 Å². The Hall–Kier alpha value is -0.943. The minimum atomic E-state index is -1.53. The lowest BCUT2D eigenvalue weighted by Crippen LogP contribution is -2.63. The highest BCUT2D eigenvalue weighted by molar-refractivity contribution is 6.76. The Labute approximate surface area is 146 Å². The van der Waals surface area contributed by atoms with Gasteiger partial charge in [-0.3, -0.25) is 15.2 Å². The summed E-state index contributed by atoms with van der Waals surface area (Å²) in [7, 11) is -1.53. The summed E-state index contributed by atoms with van der Waals surface area (Å²) in [5.41, 5.74) is 0.846. The standard InChI is InChI=1S/C20H31N3Si/c1-4-15-9-18-10-16-7-5-6-8-17(16)11-19(18)20(15)24(2,3)23-13-21-12-22-14-23/h5-8,10-11,15,18-22H,4,9,12-14H2,1-3H3. The molecular weight excluding hydrogens is 310 g/mol. The van der Waals surface area contributed by atoms with E-state index in [0.717, 1.165) is 43.3 Å². The van der Waals surface area contributed by atoms with Crippen LogP contribution in [0.25, 0.3) is 12.2 Å². The van der Waals surface area contributed by atoms with Crippen LogP contribution in [-0.4, -0.2) is 32.8 Å². The maximum absolute atomic E-state index is 3.52. The van der Waals surface area contributed by atoms with Gasteiger partial charge in [-0.2, -0.15) is 0 Å². The third-order valence-corrected chi connectivity index (χ3v) is 11.2. The molecule has 1 aromatic rings. The lowest BCUT2D eigenvalue weighted by molar-refractivity contribution is 0.279. The van der Waals surface area contributed by atoms with Crippen LogP contribution in [0.15, 0.2) is 24.3 Å². The molecule has 3 nitrogen and oxygen atoms in total. The minimum Gasteiger partial charge on any atom is -0.299 e. The molecular formula is C20H31N3Si. The minimum absolute atomic E-state index is 0.730. The first kappa shape index (κ1) is 16.5. The first-order chi connectivity index (χ1) is 11.6. The van der Waals surface area contributed by atoms with Crippen LogP contribution >= 0.6 is 0 Å². The smallest absolute Gasteiger partial charge is 0.129 e. The molecule has 0 amide bonds. The Kier molecular flexibility index (Phi) is 4.41. The Morgan fingerprint density at radius 3 is 2.42 bits per heavy atom. The summed E-state index contributed by atoms with van der Waals surface area (Å²) in [5.74, 6) is 2.34. The second-order valence-electron chi connectivity index (χ2n) is 8.32. The van der Waals surface area contributed by atoms with Gasteiger partial charge >= 0.3 is 0 Å². The van der Waals surface area contributed by atoms with Gasteiger partial charge in [-0.05, 0) is 40.2 Å². The van der Waals surface area contributed by atoms with Crippen LogP contribution in [0.4, 0.5) is 0 Å². The Morgan fingerprint density at radius 1 is 1.08 bits per heavy atom.